The van der Waals surface area contributed by atoms with Gasteiger partial charge in [-0.1, -0.05) is 190 Å². The average Bonchev–Trinajstić information content (AvgIpc) is 3.19. The molecule has 9 nitrogen and oxygen atoms in total. The van der Waals surface area contributed by atoms with E-state index in [1.165, 1.54) is 0 Å². The van der Waals surface area contributed by atoms with Crippen LogP contribution in [0.2, 0.25) is 0 Å². The number of hydrogen-bond acceptors (Lipinski definition) is 8. The molecule has 0 aromatic heterocycles. The summed E-state index contributed by atoms with van der Waals surface area (Å²) in [6.07, 6.45) is 23.6. The molecule has 0 saturated heterocycles. The van der Waals surface area contributed by atoms with Crippen molar-refractivity contribution in [1.29, 1.82) is 0 Å². The van der Waals surface area contributed by atoms with Crippen LogP contribution in [0.4, 0.5) is 0 Å². The summed E-state index contributed by atoms with van der Waals surface area (Å²) in [5.74, 6) is 0.305. The topological polar surface area (TPSA) is 148 Å². The molecule has 0 amide bonds. The van der Waals surface area contributed by atoms with Crippen LogP contribution in [0.1, 0.15) is 166 Å². The molecule has 0 atom stereocenters. The van der Waals surface area contributed by atoms with Crippen LogP contribution < -0.4 is 21.3 Å². The van der Waals surface area contributed by atoms with E-state index in [9.17, 15) is 19.2 Å². The fourth-order valence-electron chi connectivity index (χ4n) is 8.01. The average molecular weight is 1120 g/mol. The van der Waals surface area contributed by atoms with Crippen molar-refractivity contribution in [3.05, 3.63) is 140 Å². The molecule has 0 unspecified atom stereocenters. The Hall–Kier alpha value is -4.24. The molecule has 0 spiro atoms. The van der Waals surface area contributed by atoms with Crippen LogP contribution in [0.15, 0.2) is 140 Å². The van der Waals surface area contributed by atoms with Crippen LogP contribution in [0.3, 0.4) is 0 Å². The Bertz CT molecular complexity index is 2170. The predicted octanol–water partition coefficient (Wildman–Crippen LogP) is 13.1. The summed E-state index contributed by atoms with van der Waals surface area (Å²) in [5.41, 5.74) is 9.65. The van der Waals surface area contributed by atoms with E-state index in [1.807, 2.05) is 49.1 Å². The van der Waals surface area contributed by atoms with E-state index in [2.05, 4.69) is 212 Å². The van der Waals surface area contributed by atoms with Crippen molar-refractivity contribution in [3.63, 3.8) is 0 Å². The summed E-state index contributed by atoms with van der Waals surface area (Å²) in [4.78, 5) is 52.5. The Morgan fingerprint density at radius 1 is 0.280 bits per heavy atom. The molecular formula is C64H98Fe2N4O5. The second-order valence-electron chi connectivity index (χ2n) is 28.2. The van der Waals surface area contributed by atoms with Gasteiger partial charge in [0.15, 0.2) is 23.1 Å². The van der Waals surface area contributed by atoms with Crippen LogP contribution in [-0.4, -0.2) is 54.8 Å². The minimum absolute atomic E-state index is 0. The molecule has 0 radical (unpaired) electrons. The van der Waals surface area contributed by atoms with Crippen molar-refractivity contribution in [2.75, 3.05) is 26.2 Å². The Balaban J connectivity index is 0.00000140. The molecule has 0 heterocycles. The van der Waals surface area contributed by atoms with Crippen molar-refractivity contribution in [2.45, 2.75) is 166 Å². The van der Waals surface area contributed by atoms with Crippen LogP contribution in [-0.2, 0) is 53.3 Å². The number of hydrogen-bond donors (Lipinski definition) is 4. The largest absolute Gasteiger partial charge is 0.412 e. The molecule has 4 aliphatic rings. The molecule has 0 saturated carbocycles. The third-order valence-electron chi connectivity index (χ3n) is 13.0. The third-order valence-corrected chi connectivity index (χ3v) is 13.0. The SMILES string of the molecule is CC(C)(C)C1=C/C(=C/NCCN/C=C2/C=C(C(C)(C)C)C=C(C(C)(C)C)C2=O)C(=O)C(C(C)(C)C)=C1.CC(C)(C)C1=C/C(=C/NCCN/C=C2/C=C(C(C)(C)C)C=C(C(C)(C)C)C2=O)C(=O)C(C(C)(C)C)=C1.O.[Fe].[Fe]. The van der Waals surface area contributed by atoms with Crippen LogP contribution in [0.5, 0.6) is 0 Å². The summed E-state index contributed by atoms with van der Waals surface area (Å²) >= 11 is 0. The molecular weight excluding hydrogens is 1020 g/mol. The van der Waals surface area contributed by atoms with Crippen molar-refractivity contribution < 1.29 is 58.8 Å². The Morgan fingerprint density at radius 3 is 0.547 bits per heavy atom. The second kappa shape index (κ2) is 26.4. The molecule has 0 aliphatic heterocycles. The van der Waals surface area contributed by atoms with E-state index < -0.39 is 0 Å². The van der Waals surface area contributed by atoms with Gasteiger partial charge >= 0.3 is 0 Å². The van der Waals surface area contributed by atoms with E-state index in [0.29, 0.717) is 48.5 Å². The van der Waals surface area contributed by atoms with Gasteiger partial charge in [0.2, 0.25) is 0 Å². The van der Waals surface area contributed by atoms with Gasteiger partial charge in [-0.25, -0.2) is 0 Å². The fraction of sp³-hybridized carbons (Fsp3) is 0.562. The zero-order valence-electron chi connectivity index (χ0n) is 50.6. The Morgan fingerprint density at radius 2 is 0.427 bits per heavy atom. The maximum Gasteiger partial charge on any atom is 0.191 e. The molecule has 4 rings (SSSR count). The van der Waals surface area contributed by atoms with Gasteiger partial charge < -0.3 is 26.7 Å². The first-order chi connectivity index (χ1) is 32.5. The number of carbonyl (C=O) groups is 4. The van der Waals surface area contributed by atoms with Crippen LogP contribution >= 0.6 is 0 Å². The normalized spacial score (nSPS) is 19.4. The number of Topliss-reactive ketones (excluding diaryl/α,β-unsaturated/α-hetero) is 4. The van der Waals surface area contributed by atoms with E-state index in [-0.39, 0.29) is 106 Å². The number of nitrogens with one attached hydrogen (secondary N) is 4. The maximum atomic E-state index is 13.1. The quantitative estimate of drug-likeness (QED) is 0.0960. The summed E-state index contributed by atoms with van der Waals surface area (Å²) < 4.78 is 0. The predicted molar refractivity (Wildman–Crippen MR) is 308 cm³/mol. The van der Waals surface area contributed by atoms with Gasteiger partial charge in [0.25, 0.3) is 0 Å². The molecule has 420 valence electrons. The van der Waals surface area contributed by atoms with Crippen LogP contribution in [0.25, 0.3) is 0 Å². The third kappa shape index (κ3) is 20.3. The van der Waals surface area contributed by atoms with Gasteiger partial charge in [-0.2, -0.15) is 0 Å². The molecule has 75 heavy (non-hydrogen) atoms. The number of rotatable bonds is 10. The van der Waals surface area contributed by atoms with Gasteiger partial charge in [0.1, 0.15) is 0 Å². The minimum Gasteiger partial charge on any atom is -0.412 e. The zero-order chi connectivity index (χ0) is 55.4. The van der Waals surface area contributed by atoms with Crippen LogP contribution in [0, 0.1) is 43.3 Å². The summed E-state index contributed by atoms with van der Waals surface area (Å²) in [7, 11) is 0. The van der Waals surface area contributed by atoms with Crippen molar-refractivity contribution in [2.24, 2.45) is 43.3 Å². The van der Waals surface area contributed by atoms with Gasteiger partial charge in [0, 0.05) is 130 Å². The summed E-state index contributed by atoms with van der Waals surface area (Å²) in [5, 5.41) is 13.1. The molecule has 0 fully saturated rings. The van der Waals surface area contributed by atoms with Gasteiger partial charge in [-0.05, 0) is 89.9 Å². The molecule has 4 aliphatic carbocycles. The first kappa shape index (κ1) is 70.8. The van der Waals surface area contributed by atoms with E-state index in [0.717, 1.165) is 44.6 Å². The molecule has 11 heteroatoms. The monoisotopic (exact) mass is 1110 g/mol. The Labute approximate surface area is 476 Å². The summed E-state index contributed by atoms with van der Waals surface area (Å²) in [6.45, 7) is 53.5. The first-order valence-electron chi connectivity index (χ1n) is 26.2. The number of ketones is 4. The number of allylic oxidation sites excluding steroid dienone is 20. The Kier molecular flexibility index (Phi) is 24.9. The van der Waals surface area contributed by atoms with E-state index >= 15 is 0 Å². The van der Waals surface area contributed by atoms with Gasteiger partial charge in [-0.15, -0.1) is 0 Å². The first-order valence-corrected chi connectivity index (χ1v) is 26.2. The van der Waals surface area contributed by atoms with Crippen molar-refractivity contribution >= 4 is 23.1 Å². The second-order valence-corrected chi connectivity index (χ2v) is 28.2. The maximum absolute atomic E-state index is 13.1. The van der Waals surface area contributed by atoms with Gasteiger partial charge in [-0.3, -0.25) is 19.2 Å². The standard InChI is InChI=1S/2C32H48N2O2.2Fe.H2O/c2*1-29(2,3)23-15-21(27(35)25(17-23)31(7,8)9)19-33-13-14-34-20-22-16-24(30(4,5)6)18-26(28(22)36)32(10,11)12;;;/h2*15-20,33-34H,13-14H2,1-12H3;;;1H2/b2*21-19-,22-20-;;;. The minimum atomic E-state index is -0.221. The number of carbonyl (C=O) groups excluding carboxylic acids is 4. The molecule has 0 aromatic carbocycles. The van der Waals surface area contributed by atoms with Crippen molar-refractivity contribution in [1.82, 2.24) is 21.3 Å². The van der Waals surface area contributed by atoms with E-state index in [1.54, 1.807) is 0 Å². The van der Waals surface area contributed by atoms with Gasteiger partial charge in [0.05, 0.1) is 0 Å². The molecule has 6 N–H and O–H groups in total. The fourth-order valence-corrected chi connectivity index (χ4v) is 8.01. The molecule has 0 bridgehead atoms. The molecule has 0 aromatic rings. The summed E-state index contributed by atoms with van der Waals surface area (Å²) in [6, 6.07) is 0. The van der Waals surface area contributed by atoms with E-state index in [4.69, 9.17) is 0 Å². The zero-order valence-corrected chi connectivity index (χ0v) is 52.8. The smallest absolute Gasteiger partial charge is 0.191 e. The van der Waals surface area contributed by atoms with Crippen molar-refractivity contribution in [3.8, 4) is 0 Å².